The lowest BCUT2D eigenvalue weighted by Crippen LogP contribution is -2.44. The Labute approximate surface area is 253 Å². The summed E-state index contributed by atoms with van der Waals surface area (Å²) in [5, 5.41) is 26.1. The third kappa shape index (κ3) is 5.04. The number of aryl methyl sites for hydroxylation is 1. The van der Waals surface area contributed by atoms with Gasteiger partial charge in [0.2, 0.25) is 0 Å². The molecule has 0 spiro atoms. The van der Waals surface area contributed by atoms with Crippen molar-refractivity contribution in [2.45, 2.75) is 52.2 Å². The zero-order valence-electron chi connectivity index (χ0n) is 25.3. The van der Waals surface area contributed by atoms with Gasteiger partial charge < -0.3 is 20.6 Å². The van der Waals surface area contributed by atoms with E-state index in [2.05, 4.69) is 37.6 Å². The number of aliphatic imine (C=N–C) groups is 1. The first-order valence-electron chi connectivity index (χ1n) is 14.6. The molecule has 12 heteroatoms. The first kappa shape index (κ1) is 29.2. The van der Waals surface area contributed by atoms with Gasteiger partial charge in [-0.15, -0.1) is 0 Å². The van der Waals surface area contributed by atoms with Gasteiger partial charge in [-0.25, -0.2) is 14.1 Å². The Kier molecular flexibility index (Phi) is 7.32. The number of fused-ring (bicyclic) bond motifs is 2. The number of nitrogens with one attached hydrogen (secondary N) is 2. The van der Waals surface area contributed by atoms with Crippen LogP contribution in [0, 0.1) is 5.82 Å². The van der Waals surface area contributed by atoms with Crippen LogP contribution in [0.2, 0.25) is 0 Å². The Morgan fingerprint density at radius 2 is 1.95 bits per heavy atom. The molecule has 2 aliphatic heterocycles. The van der Waals surface area contributed by atoms with Crippen LogP contribution in [0.15, 0.2) is 69.2 Å². The SMILES string of the molecule is CCC1CNC=C2N=C(Nc3cc(-c4cccc(-n5ncc6cc(C(C)(C)C)cc(F)c6c5=O)c4CO)nn(C)c3=O)CN21. The number of nitrogens with zero attached hydrogens (tertiary/aromatic N) is 6. The molecule has 2 aromatic carbocycles. The summed E-state index contributed by atoms with van der Waals surface area (Å²) in [5.41, 5.74) is 1.22. The lowest BCUT2D eigenvalue weighted by atomic mass is 9.86. The number of amidine groups is 1. The van der Waals surface area contributed by atoms with Gasteiger partial charge >= 0.3 is 0 Å². The fourth-order valence-corrected chi connectivity index (χ4v) is 5.74. The zero-order chi connectivity index (χ0) is 31.3. The number of benzene rings is 2. The van der Waals surface area contributed by atoms with E-state index in [1.54, 1.807) is 37.4 Å². The number of hydrogen-bond donors (Lipinski definition) is 3. The minimum absolute atomic E-state index is 0.0849. The average Bonchev–Trinajstić information content (AvgIpc) is 3.41. The highest BCUT2D eigenvalue weighted by atomic mass is 19.1. The average molecular weight is 599 g/mol. The molecule has 44 heavy (non-hydrogen) atoms. The summed E-state index contributed by atoms with van der Waals surface area (Å²) in [6.45, 7) is 8.93. The largest absolute Gasteiger partial charge is 0.392 e. The van der Waals surface area contributed by atoms with Crippen LogP contribution in [0.25, 0.3) is 27.7 Å². The molecular weight excluding hydrogens is 563 g/mol. The van der Waals surface area contributed by atoms with Crippen LogP contribution < -0.4 is 21.8 Å². The molecule has 1 atom stereocenters. The second kappa shape index (κ2) is 11.0. The number of aliphatic hydroxyl groups is 1. The van der Waals surface area contributed by atoms with E-state index in [0.717, 1.165) is 29.0 Å². The number of hydrogen-bond acceptors (Lipinski definition) is 9. The van der Waals surface area contributed by atoms with Crippen LogP contribution in [0.1, 0.15) is 45.2 Å². The maximum absolute atomic E-state index is 15.3. The van der Waals surface area contributed by atoms with Crippen molar-refractivity contribution in [3.63, 3.8) is 0 Å². The fourth-order valence-electron chi connectivity index (χ4n) is 5.74. The lowest BCUT2D eigenvalue weighted by Gasteiger charge is -2.32. The van der Waals surface area contributed by atoms with Crippen molar-refractivity contribution in [3.05, 3.63) is 92.3 Å². The Balaban J connectivity index is 1.41. The molecular formula is C32H35FN8O3. The number of rotatable bonds is 5. The van der Waals surface area contributed by atoms with E-state index < -0.39 is 18.0 Å². The molecule has 2 aromatic heterocycles. The van der Waals surface area contributed by atoms with E-state index in [4.69, 9.17) is 0 Å². The number of aliphatic hydroxyl groups excluding tert-OH is 1. The number of anilines is 1. The fraction of sp³-hybridized carbons (Fsp3) is 0.344. The molecule has 0 saturated heterocycles. The molecule has 0 saturated carbocycles. The maximum Gasteiger partial charge on any atom is 0.290 e. The molecule has 4 aromatic rings. The highest BCUT2D eigenvalue weighted by Gasteiger charge is 2.29. The number of aromatic nitrogens is 4. The van der Waals surface area contributed by atoms with E-state index in [0.29, 0.717) is 40.6 Å². The summed E-state index contributed by atoms with van der Waals surface area (Å²) in [5.74, 6) is 0.812. The van der Waals surface area contributed by atoms with Crippen molar-refractivity contribution < 1.29 is 9.50 Å². The van der Waals surface area contributed by atoms with Gasteiger partial charge in [0.1, 0.15) is 23.2 Å². The van der Waals surface area contributed by atoms with Crippen molar-refractivity contribution in [2.75, 3.05) is 18.4 Å². The molecule has 0 radical (unpaired) electrons. The molecule has 0 amide bonds. The molecule has 0 aliphatic carbocycles. The minimum atomic E-state index is -0.645. The van der Waals surface area contributed by atoms with Gasteiger partial charge in [0, 0.05) is 42.3 Å². The summed E-state index contributed by atoms with van der Waals surface area (Å²) < 4.78 is 17.6. The smallest absolute Gasteiger partial charge is 0.290 e. The molecule has 11 nitrogen and oxygen atoms in total. The van der Waals surface area contributed by atoms with Gasteiger partial charge in [0.25, 0.3) is 11.1 Å². The molecule has 3 N–H and O–H groups in total. The quantitative estimate of drug-likeness (QED) is 0.319. The predicted molar refractivity (Wildman–Crippen MR) is 168 cm³/mol. The van der Waals surface area contributed by atoms with E-state index in [1.165, 1.54) is 16.9 Å². The topological polar surface area (TPSA) is 130 Å². The summed E-state index contributed by atoms with van der Waals surface area (Å²) in [6.07, 6.45) is 4.28. The van der Waals surface area contributed by atoms with E-state index >= 15 is 4.39 Å². The van der Waals surface area contributed by atoms with Gasteiger partial charge in [-0.1, -0.05) is 39.8 Å². The summed E-state index contributed by atoms with van der Waals surface area (Å²) in [6, 6.07) is 10.1. The lowest BCUT2D eigenvalue weighted by molar-refractivity contribution is 0.264. The highest BCUT2D eigenvalue weighted by Crippen LogP contribution is 2.30. The molecule has 0 fully saturated rings. The van der Waals surface area contributed by atoms with Gasteiger partial charge in [-0.2, -0.15) is 14.9 Å². The highest BCUT2D eigenvalue weighted by molar-refractivity contribution is 5.99. The number of halogens is 1. The predicted octanol–water partition coefficient (Wildman–Crippen LogP) is 3.38. The minimum Gasteiger partial charge on any atom is -0.392 e. The summed E-state index contributed by atoms with van der Waals surface area (Å²) in [4.78, 5) is 33.6. The van der Waals surface area contributed by atoms with E-state index in [-0.39, 0.29) is 27.7 Å². The molecule has 6 rings (SSSR count). The Bertz CT molecular complexity index is 1970. The second-order valence-corrected chi connectivity index (χ2v) is 12.2. The Hall–Kier alpha value is -4.84. The first-order chi connectivity index (χ1) is 21.0. The van der Waals surface area contributed by atoms with Crippen molar-refractivity contribution in [2.24, 2.45) is 12.0 Å². The molecule has 0 bridgehead atoms. The van der Waals surface area contributed by atoms with E-state index in [9.17, 15) is 14.7 Å². The molecule has 1 unspecified atom stereocenters. The summed E-state index contributed by atoms with van der Waals surface area (Å²) >= 11 is 0. The third-order valence-corrected chi connectivity index (χ3v) is 8.22. The third-order valence-electron chi connectivity index (χ3n) is 8.22. The maximum atomic E-state index is 15.3. The van der Waals surface area contributed by atoms with Crippen LogP contribution in [-0.2, 0) is 19.1 Å². The molecule has 228 valence electrons. The monoisotopic (exact) mass is 598 g/mol. The van der Waals surface area contributed by atoms with Crippen molar-refractivity contribution in [1.29, 1.82) is 0 Å². The van der Waals surface area contributed by atoms with Crippen LogP contribution in [0.3, 0.4) is 0 Å². The van der Waals surface area contributed by atoms with Crippen molar-refractivity contribution in [3.8, 4) is 16.9 Å². The Morgan fingerprint density at radius 1 is 1.16 bits per heavy atom. The first-order valence-corrected chi connectivity index (χ1v) is 14.6. The second-order valence-electron chi connectivity index (χ2n) is 12.2. The van der Waals surface area contributed by atoms with Gasteiger partial charge in [0.05, 0.1) is 36.1 Å². The standard InChI is InChI=1S/C32H35FN8O3/c1-6-20-14-34-15-28-37-27(16-40(20)28)36-25-12-24(38-39(5)30(25)43)21-8-7-9-26(22(21)17-42)41-31(44)29-18(13-35-41)10-19(11-23(29)33)32(2,3)4/h7-13,15,20,34,42H,6,14,16-17H2,1-5H3,(H,36,37). The van der Waals surface area contributed by atoms with Crippen LogP contribution in [0.4, 0.5) is 10.1 Å². The molecule has 4 heterocycles. The van der Waals surface area contributed by atoms with Crippen LogP contribution in [0.5, 0.6) is 0 Å². The van der Waals surface area contributed by atoms with Gasteiger partial charge in [-0.05, 0) is 41.7 Å². The van der Waals surface area contributed by atoms with Crippen molar-refractivity contribution in [1.82, 2.24) is 29.8 Å². The zero-order valence-corrected chi connectivity index (χ0v) is 25.3. The Morgan fingerprint density at radius 3 is 2.68 bits per heavy atom. The van der Waals surface area contributed by atoms with Gasteiger partial charge in [0.15, 0.2) is 0 Å². The van der Waals surface area contributed by atoms with Gasteiger partial charge in [-0.3, -0.25) is 9.59 Å². The van der Waals surface area contributed by atoms with Crippen molar-refractivity contribution >= 4 is 22.3 Å². The summed E-state index contributed by atoms with van der Waals surface area (Å²) in [7, 11) is 1.54. The van der Waals surface area contributed by atoms with E-state index in [1.807, 2.05) is 27.0 Å². The molecule has 2 aliphatic rings. The van der Waals surface area contributed by atoms with Crippen LogP contribution in [-0.4, -0.2) is 54.5 Å². The normalized spacial score (nSPS) is 16.4. The van der Waals surface area contributed by atoms with Crippen LogP contribution >= 0.6 is 0 Å².